The number of hydrogen-bond donors (Lipinski definition) is 2. The third kappa shape index (κ3) is 6.02. The topological polar surface area (TPSA) is 55.8 Å². The van der Waals surface area contributed by atoms with Gasteiger partial charge in [-0.3, -0.25) is 9.88 Å². The lowest BCUT2D eigenvalue weighted by Crippen LogP contribution is -2.55. The summed E-state index contributed by atoms with van der Waals surface area (Å²) in [6.07, 6.45) is 1.86. The molecule has 0 spiro atoms. The number of para-hydroxylation sites is 1. The first-order valence-electron chi connectivity index (χ1n) is 9.41. The first kappa shape index (κ1) is 21.8. The molecule has 0 radical (unpaired) electrons. The molecule has 2 aromatic rings. The molecule has 1 aliphatic heterocycles. The lowest BCUT2D eigenvalue weighted by molar-refractivity contribution is 0.116. The minimum Gasteiger partial charge on any atom is -0.357 e. The van der Waals surface area contributed by atoms with Crippen molar-refractivity contribution in [3.63, 3.8) is 0 Å². The predicted octanol–water partition coefficient (Wildman–Crippen LogP) is 2.15. The average molecular weight is 482 g/mol. The summed E-state index contributed by atoms with van der Waals surface area (Å²) in [5.74, 6) is 0.870. The molecule has 1 fully saturated rings. The van der Waals surface area contributed by atoms with E-state index in [9.17, 15) is 0 Å². The van der Waals surface area contributed by atoms with Crippen LogP contribution in [0.15, 0.2) is 41.5 Å². The molecule has 1 aliphatic rings. The molecule has 1 atom stereocenters. The van der Waals surface area contributed by atoms with Gasteiger partial charge in [0.1, 0.15) is 0 Å². The molecule has 1 saturated heterocycles. The van der Waals surface area contributed by atoms with Gasteiger partial charge in [-0.05, 0) is 38.7 Å². The molecule has 6 nitrogen and oxygen atoms in total. The number of benzene rings is 1. The SMILES string of the molecule is CCNC(=NCc1ccnc2ccccc12)NCC1CN(C)CCN1C.I. The van der Waals surface area contributed by atoms with Crippen LogP contribution in [0, 0.1) is 0 Å². The number of guanidine groups is 1. The summed E-state index contributed by atoms with van der Waals surface area (Å²) in [6, 6.07) is 10.8. The van der Waals surface area contributed by atoms with Gasteiger partial charge in [0.15, 0.2) is 5.96 Å². The largest absolute Gasteiger partial charge is 0.357 e. The van der Waals surface area contributed by atoms with Crippen molar-refractivity contribution in [2.45, 2.75) is 19.5 Å². The molecule has 1 aromatic carbocycles. The number of hydrogen-bond acceptors (Lipinski definition) is 4. The highest BCUT2D eigenvalue weighted by Crippen LogP contribution is 2.16. The Morgan fingerprint density at radius 3 is 2.81 bits per heavy atom. The Labute approximate surface area is 179 Å². The zero-order chi connectivity index (χ0) is 18.4. The van der Waals surface area contributed by atoms with Gasteiger partial charge in [-0.2, -0.15) is 0 Å². The van der Waals surface area contributed by atoms with Gasteiger partial charge in [0, 0.05) is 50.3 Å². The lowest BCUT2D eigenvalue weighted by atomic mass is 10.1. The molecule has 7 heteroatoms. The predicted molar refractivity (Wildman–Crippen MR) is 124 cm³/mol. The van der Waals surface area contributed by atoms with E-state index in [-0.39, 0.29) is 24.0 Å². The zero-order valence-electron chi connectivity index (χ0n) is 16.5. The standard InChI is InChI=1S/C20H30N6.HI/c1-4-21-20(24-14-17-15-25(2)11-12-26(17)3)23-13-16-9-10-22-19-8-6-5-7-18(16)19;/h5-10,17H,4,11-15H2,1-3H3,(H2,21,23,24);1H. The third-order valence-corrected chi connectivity index (χ3v) is 4.98. The highest BCUT2D eigenvalue weighted by molar-refractivity contribution is 14.0. The molecule has 1 unspecified atom stereocenters. The number of piperazine rings is 1. The molecule has 2 heterocycles. The first-order chi connectivity index (χ1) is 12.7. The molecular weight excluding hydrogens is 451 g/mol. The summed E-state index contributed by atoms with van der Waals surface area (Å²) in [4.78, 5) is 14.0. The zero-order valence-corrected chi connectivity index (χ0v) is 18.8. The van der Waals surface area contributed by atoms with Crippen LogP contribution in [0.2, 0.25) is 0 Å². The first-order valence-corrected chi connectivity index (χ1v) is 9.41. The molecule has 0 amide bonds. The number of likely N-dealkylation sites (N-methyl/N-ethyl adjacent to an activating group) is 2. The number of nitrogens with zero attached hydrogens (tertiary/aromatic N) is 4. The van der Waals surface area contributed by atoms with E-state index in [2.05, 4.69) is 64.6 Å². The maximum Gasteiger partial charge on any atom is 0.191 e. The monoisotopic (exact) mass is 482 g/mol. The van der Waals surface area contributed by atoms with Gasteiger partial charge >= 0.3 is 0 Å². The Kier molecular flexibility index (Phi) is 8.72. The Bertz CT molecular complexity index is 745. The van der Waals surface area contributed by atoms with E-state index in [0.717, 1.165) is 44.2 Å². The number of rotatable bonds is 5. The van der Waals surface area contributed by atoms with Gasteiger partial charge in [-0.25, -0.2) is 4.99 Å². The van der Waals surface area contributed by atoms with Crippen LogP contribution in [-0.2, 0) is 6.54 Å². The minimum absolute atomic E-state index is 0. The van der Waals surface area contributed by atoms with Gasteiger partial charge in [0.05, 0.1) is 12.1 Å². The lowest BCUT2D eigenvalue weighted by Gasteiger charge is -2.37. The average Bonchev–Trinajstić information content (AvgIpc) is 2.66. The normalized spacial score (nSPS) is 18.9. The number of pyridine rings is 1. The fraction of sp³-hybridized carbons (Fsp3) is 0.500. The van der Waals surface area contributed by atoms with Crippen LogP contribution < -0.4 is 10.6 Å². The van der Waals surface area contributed by atoms with Crippen molar-refractivity contribution in [1.82, 2.24) is 25.4 Å². The van der Waals surface area contributed by atoms with Crippen molar-refractivity contribution in [3.8, 4) is 0 Å². The van der Waals surface area contributed by atoms with E-state index in [1.807, 2.05) is 18.3 Å². The third-order valence-electron chi connectivity index (χ3n) is 4.98. The van der Waals surface area contributed by atoms with Crippen molar-refractivity contribution >= 4 is 40.8 Å². The van der Waals surface area contributed by atoms with E-state index in [1.165, 1.54) is 10.9 Å². The van der Waals surface area contributed by atoms with E-state index >= 15 is 0 Å². The maximum absolute atomic E-state index is 4.80. The van der Waals surface area contributed by atoms with E-state index in [0.29, 0.717) is 12.6 Å². The minimum atomic E-state index is 0. The molecule has 1 aromatic heterocycles. The second kappa shape index (κ2) is 10.8. The Morgan fingerprint density at radius 1 is 1.19 bits per heavy atom. The Balaban J connectivity index is 0.00000261. The van der Waals surface area contributed by atoms with E-state index < -0.39 is 0 Å². The van der Waals surface area contributed by atoms with E-state index in [4.69, 9.17) is 4.99 Å². The molecule has 0 aliphatic carbocycles. The Hall–Kier alpha value is -1.45. The number of aliphatic imine (C=N–C) groups is 1. The summed E-state index contributed by atoms with van der Waals surface area (Å²) in [5.41, 5.74) is 2.22. The summed E-state index contributed by atoms with van der Waals surface area (Å²) in [5, 5.41) is 8.04. The van der Waals surface area contributed by atoms with Crippen LogP contribution in [0.25, 0.3) is 10.9 Å². The maximum atomic E-state index is 4.80. The van der Waals surface area contributed by atoms with Crippen LogP contribution in [0.4, 0.5) is 0 Å². The van der Waals surface area contributed by atoms with Crippen molar-refractivity contribution in [2.24, 2.45) is 4.99 Å². The fourth-order valence-corrected chi connectivity index (χ4v) is 3.34. The van der Waals surface area contributed by atoms with Gasteiger partial charge < -0.3 is 15.5 Å². The van der Waals surface area contributed by atoms with Crippen LogP contribution >= 0.6 is 24.0 Å². The van der Waals surface area contributed by atoms with Crippen LogP contribution in [0.1, 0.15) is 12.5 Å². The summed E-state index contributed by atoms with van der Waals surface area (Å²) in [7, 11) is 4.39. The van der Waals surface area contributed by atoms with Crippen molar-refractivity contribution in [1.29, 1.82) is 0 Å². The van der Waals surface area contributed by atoms with E-state index in [1.54, 1.807) is 0 Å². The van der Waals surface area contributed by atoms with Gasteiger partial charge in [-0.1, -0.05) is 18.2 Å². The number of fused-ring (bicyclic) bond motifs is 1. The smallest absolute Gasteiger partial charge is 0.191 e. The van der Waals surface area contributed by atoms with Crippen LogP contribution in [0.3, 0.4) is 0 Å². The van der Waals surface area contributed by atoms with Crippen LogP contribution in [0.5, 0.6) is 0 Å². The summed E-state index contributed by atoms with van der Waals surface area (Å²) in [6.45, 7) is 7.80. The van der Waals surface area contributed by atoms with Crippen molar-refractivity contribution < 1.29 is 0 Å². The molecule has 27 heavy (non-hydrogen) atoms. The highest BCUT2D eigenvalue weighted by Gasteiger charge is 2.22. The molecular formula is C20H31IN6. The van der Waals surface area contributed by atoms with Crippen molar-refractivity contribution in [2.75, 3.05) is 46.8 Å². The number of nitrogens with one attached hydrogen (secondary N) is 2. The van der Waals surface area contributed by atoms with Crippen LogP contribution in [-0.4, -0.2) is 73.6 Å². The number of aromatic nitrogens is 1. The van der Waals surface area contributed by atoms with Gasteiger partial charge in [0.2, 0.25) is 0 Å². The van der Waals surface area contributed by atoms with Gasteiger partial charge in [0.25, 0.3) is 0 Å². The molecule has 148 valence electrons. The Morgan fingerprint density at radius 2 is 2.00 bits per heavy atom. The number of halogens is 1. The van der Waals surface area contributed by atoms with Crippen molar-refractivity contribution in [3.05, 3.63) is 42.1 Å². The highest BCUT2D eigenvalue weighted by atomic mass is 127. The molecule has 2 N–H and O–H groups in total. The molecule has 0 saturated carbocycles. The fourth-order valence-electron chi connectivity index (χ4n) is 3.34. The molecule has 3 rings (SSSR count). The second-order valence-electron chi connectivity index (χ2n) is 6.96. The summed E-state index contributed by atoms with van der Waals surface area (Å²) < 4.78 is 0. The second-order valence-corrected chi connectivity index (χ2v) is 6.96. The quantitative estimate of drug-likeness (QED) is 0.389. The van der Waals surface area contributed by atoms with Gasteiger partial charge in [-0.15, -0.1) is 24.0 Å². The molecule has 0 bridgehead atoms. The summed E-state index contributed by atoms with van der Waals surface area (Å²) >= 11 is 0.